The van der Waals surface area contributed by atoms with Crippen molar-refractivity contribution in [1.29, 1.82) is 0 Å². The first kappa shape index (κ1) is 10.6. The fraction of sp³-hybridized carbons (Fsp3) is 0.818. The van der Waals surface area contributed by atoms with Crippen molar-refractivity contribution < 1.29 is 9.59 Å². The van der Waals surface area contributed by atoms with Crippen LogP contribution in [0.1, 0.15) is 26.2 Å². The number of hydrogen-bond acceptors (Lipinski definition) is 3. The normalized spacial score (nSPS) is 31.7. The zero-order valence-electron chi connectivity index (χ0n) is 9.16. The molecule has 2 unspecified atom stereocenters. The van der Waals surface area contributed by atoms with Crippen LogP contribution in [-0.2, 0) is 9.59 Å². The second-order valence-electron chi connectivity index (χ2n) is 4.64. The van der Waals surface area contributed by atoms with Gasteiger partial charge < -0.3 is 5.32 Å². The zero-order chi connectivity index (χ0) is 10.8. The number of carbonyl (C=O) groups is 2. The van der Waals surface area contributed by atoms with E-state index >= 15 is 0 Å². The predicted molar refractivity (Wildman–Crippen MR) is 56.1 cm³/mol. The summed E-state index contributed by atoms with van der Waals surface area (Å²) in [5, 5.41) is 3.29. The van der Waals surface area contributed by atoms with Crippen molar-refractivity contribution in [3.63, 3.8) is 0 Å². The first-order valence-corrected chi connectivity index (χ1v) is 5.73. The molecular formula is C11H18N2O2. The summed E-state index contributed by atoms with van der Waals surface area (Å²) >= 11 is 0. The van der Waals surface area contributed by atoms with E-state index in [-0.39, 0.29) is 17.7 Å². The van der Waals surface area contributed by atoms with Crippen LogP contribution in [0.3, 0.4) is 0 Å². The Morgan fingerprint density at radius 2 is 2.27 bits per heavy atom. The number of amides is 2. The highest BCUT2D eigenvalue weighted by Gasteiger charge is 2.35. The Bertz CT molecular complexity index is 272. The lowest BCUT2D eigenvalue weighted by atomic mass is 10.1. The monoisotopic (exact) mass is 210 g/mol. The minimum atomic E-state index is -0.0980. The van der Waals surface area contributed by atoms with Gasteiger partial charge in [-0.05, 0) is 31.8 Å². The summed E-state index contributed by atoms with van der Waals surface area (Å²) in [7, 11) is 0. The largest absolute Gasteiger partial charge is 0.316 e. The molecule has 2 amide bonds. The van der Waals surface area contributed by atoms with Crippen molar-refractivity contribution in [3.05, 3.63) is 0 Å². The summed E-state index contributed by atoms with van der Waals surface area (Å²) in [6.07, 6.45) is 2.53. The summed E-state index contributed by atoms with van der Waals surface area (Å²) in [5.41, 5.74) is 0. The number of nitrogens with one attached hydrogen (secondary N) is 1. The minimum absolute atomic E-state index is 0.0125. The average Bonchev–Trinajstić information content (AvgIpc) is 2.76. The van der Waals surface area contributed by atoms with Crippen LogP contribution in [0.5, 0.6) is 0 Å². The lowest BCUT2D eigenvalue weighted by Gasteiger charge is -2.16. The number of likely N-dealkylation sites (tertiary alicyclic amines) is 1. The fourth-order valence-corrected chi connectivity index (χ4v) is 2.36. The Morgan fingerprint density at radius 3 is 2.80 bits per heavy atom. The molecule has 0 aliphatic carbocycles. The Kier molecular flexibility index (Phi) is 3.05. The lowest BCUT2D eigenvalue weighted by molar-refractivity contribution is -0.139. The van der Waals surface area contributed by atoms with Crippen LogP contribution in [0.15, 0.2) is 0 Å². The smallest absolute Gasteiger partial charge is 0.232 e. The molecule has 2 rings (SSSR count). The van der Waals surface area contributed by atoms with Gasteiger partial charge in [-0.1, -0.05) is 6.92 Å². The Morgan fingerprint density at radius 1 is 1.47 bits per heavy atom. The molecule has 1 N–H and O–H groups in total. The van der Waals surface area contributed by atoms with Crippen LogP contribution >= 0.6 is 0 Å². The summed E-state index contributed by atoms with van der Waals surface area (Å²) < 4.78 is 0. The van der Waals surface area contributed by atoms with Crippen LogP contribution in [0.25, 0.3) is 0 Å². The molecule has 0 aromatic carbocycles. The third-order valence-corrected chi connectivity index (χ3v) is 3.39. The molecule has 2 heterocycles. The van der Waals surface area contributed by atoms with Gasteiger partial charge in [-0.25, -0.2) is 0 Å². The van der Waals surface area contributed by atoms with Crippen molar-refractivity contribution in [2.75, 3.05) is 19.6 Å². The first-order valence-electron chi connectivity index (χ1n) is 5.73. The van der Waals surface area contributed by atoms with Crippen molar-refractivity contribution in [1.82, 2.24) is 10.2 Å². The summed E-state index contributed by atoms with van der Waals surface area (Å²) in [5.74, 6) is 0.574. The predicted octanol–water partition coefficient (Wildman–Crippen LogP) is 0.381. The van der Waals surface area contributed by atoms with E-state index in [1.165, 1.54) is 11.3 Å². The molecule has 2 saturated heterocycles. The van der Waals surface area contributed by atoms with Crippen LogP contribution in [0.4, 0.5) is 0 Å². The molecule has 0 radical (unpaired) electrons. The molecule has 0 aromatic rings. The van der Waals surface area contributed by atoms with Gasteiger partial charge in [0.2, 0.25) is 11.8 Å². The van der Waals surface area contributed by atoms with Gasteiger partial charge in [0.15, 0.2) is 0 Å². The van der Waals surface area contributed by atoms with Gasteiger partial charge in [-0.15, -0.1) is 0 Å². The molecule has 2 aliphatic rings. The highest BCUT2D eigenvalue weighted by Crippen LogP contribution is 2.21. The van der Waals surface area contributed by atoms with Crippen molar-refractivity contribution in [3.8, 4) is 0 Å². The standard InChI is InChI=1S/C11H18N2O2/c1-8-6-10(14)13(11(8)15)5-3-9-2-4-12-7-9/h8-9,12H,2-7H2,1H3. The number of carbonyl (C=O) groups excluding carboxylic acids is 2. The number of hydrogen-bond donors (Lipinski definition) is 1. The molecule has 4 nitrogen and oxygen atoms in total. The zero-order valence-corrected chi connectivity index (χ0v) is 9.16. The topological polar surface area (TPSA) is 49.4 Å². The van der Waals surface area contributed by atoms with E-state index in [0.717, 1.165) is 19.5 Å². The molecule has 84 valence electrons. The second-order valence-corrected chi connectivity index (χ2v) is 4.64. The van der Waals surface area contributed by atoms with Gasteiger partial charge in [-0.3, -0.25) is 14.5 Å². The van der Waals surface area contributed by atoms with E-state index in [0.29, 0.717) is 18.9 Å². The second kappa shape index (κ2) is 4.31. The molecule has 2 aliphatic heterocycles. The van der Waals surface area contributed by atoms with Crippen molar-refractivity contribution >= 4 is 11.8 Å². The van der Waals surface area contributed by atoms with Crippen molar-refractivity contribution in [2.45, 2.75) is 26.2 Å². The SMILES string of the molecule is CC1CC(=O)N(CCC2CCNC2)C1=O. The third kappa shape index (κ3) is 2.20. The minimum Gasteiger partial charge on any atom is -0.316 e. The number of rotatable bonds is 3. The molecule has 2 atom stereocenters. The van der Waals surface area contributed by atoms with Crippen LogP contribution < -0.4 is 5.32 Å². The van der Waals surface area contributed by atoms with Gasteiger partial charge in [0.05, 0.1) is 0 Å². The van der Waals surface area contributed by atoms with Gasteiger partial charge in [0.1, 0.15) is 0 Å². The van der Waals surface area contributed by atoms with Gasteiger partial charge in [0, 0.05) is 18.9 Å². The maximum Gasteiger partial charge on any atom is 0.232 e. The summed E-state index contributed by atoms with van der Waals surface area (Å²) in [6, 6.07) is 0. The third-order valence-electron chi connectivity index (χ3n) is 3.39. The van der Waals surface area contributed by atoms with Crippen LogP contribution in [0.2, 0.25) is 0 Å². The molecule has 2 fully saturated rings. The van der Waals surface area contributed by atoms with Crippen molar-refractivity contribution in [2.24, 2.45) is 11.8 Å². The Balaban J connectivity index is 1.83. The summed E-state index contributed by atoms with van der Waals surface area (Å²) in [4.78, 5) is 24.5. The van der Waals surface area contributed by atoms with Gasteiger partial charge in [-0.2, -0.15) is 0 Å². The molecule has 0 spiro atoms. The Labute approximate surface area is 90.0 Å². The van der Waals surface area contributed by atoms with E-state index in [2.05, 4.69) is 5.32 Å². The Hall–Kier alpha value is -0.900. The fourth-order valence-electron chi connectivity index (χ4n) is 2.36. The molecule has 0 aromatic heterocycles. The van der Waals surface area contributed by atoms with E-state index in [1.807, 2.05) is 6.92 Å². The number of nitrogens with zero attached hydrogens (tertiary/aromatic N) is 1. The average molecular weight is 210 g/mol. The van der Waals surface area contributed by atoms with Gasteiger partial charge >= 0.3 is 0 Å². The molecular weight excluding hydrogens is 192 g/mol. The van der Waals surface area contributed by atoms with E-state index < -0.39 is 0 Å². The molecule has 15 heavy (non-hydrogen) atoms. The maximum atomic E-state index is 11.6. The number of imide groups is 1. The maximum absolute atomic E-state index is 11.6. The van der Waals surface area contributed by atoms with Crippen LogP contribution in [0, 0.1) is 11.8 Å². The van der Waals surface area contributed by atoms with E-state index in [1.54, 1.807) is 0 Å². The van der Waals surface area contributed by atoms with Gasteiger partial charge in [0.25, 0.3) is 0 Å². The lowest BCUT2D eigenvalue weighted by Crippen LogP contribution is -2.32. The summed E-state index contributed by atoms with van der Waals surface area (Å²) in [6.45, 7) is 4.56. The van der Waals surface area contributed by atoms with Crippen LogP contribution in [-0.4, -0.2) is 36.3 Å². The molecule has 4 heteroatoms. The highest BCUT2D eigenvalue weighted by molar-refractivity contribution is 6.03. The molecule has 0 saturated carbocycles. The first-order chi connectivity index (χ1) is 7.18. The highest BCUT2D eigenvalue weighted by atomic mass is 16.2. The van der Waals surface area contributed by atoms with E-state index in [9.17, 15) is 9.59 Å². The molecule has 0 bridgehead atoms. The van der Waals surface area contributed by atoms with E-state index in [4.69, 9.17) is 0 Å². The quantitative estimate of drug-likeness (QED) is 0.685.